The van der Waals surface area contributed by atoms with Gasteiger partial charge in [0.2, 0.25) is 0 Å². The number of carboxylic acids is 2. The Kier molecular flexibility index (Phi) is 14.0. The minimum Gasteiger partial charge on any atom is -0.547 e. The van der Waals surface area contributed by atoms with Gasteiger partial charge in [0.05, 0.1) is 12.6 Å². The predicted molar refractivity (Wildman–Crippen MR) is 71.7 cm³/mol. The Balaban J connectivity index is 0. The second kappa shape index (κ2) is 13.0. The number of hydrogen-bond donors (Lipinski definition) is 9. The number of hydrogen-bond acceptors (Lipinski definition) is 13. The Bertz CT molecular complexity index is 500. The van der Waals surface area contributed by atoms with Gasteiger partial charge in [-0.3, -0.25) is 0 Å². The summed E-state index contributed by atoms with van der Waals surface area (Å²) in [4.78, 5) is 32.5. The summed E-state index contributed by atoms with van der Waals surface area (Å²) in [6, 6.07) is 0. The summed E-state index contributed by atoms with van der Waals surface area (Å²) >= 11 is 0. The van der Waals surface area contributed by atoms with E-state index in [0.29, 0.717) is 0 Å². The normalized spacial score (nSPS) is 20.0. The molecule has 0 amide bonds. The fourth-order valence-corrected chi connectivity index (χ4v) is 1.64. The van der Waals surface area contributed by atoms with Crippen LogP contribution in [0, 0.1) is 0 Å². The van der Waals surface area contributed by atoms with Crippen molar-refractivity contribution in [3.8, 4) is 0 Å². The molecule has 0 heterocycles. The summed E-state index contributed by atoms with van der Waals surface area (Å²) in [7, 11) is 0. The van der Waals surface area contributed by atoms with E-state index in [0.717, 1.165) is 0 Å². The molecule has 0 aromatic carbocycles. The predicted octanol–water partition coefficient (Wildman–Crippen LogP) is -10.7. The molecule has 0 fully saturated rings. The minimum atomic E-state index is -2.66. The van der Waals surface area contributed by atoms with Gasteiger partial charge in [0, 0.05) is 0 Å². The number of aliphatic carboxylic acids is 2. The summed E-state index contributed by atoms with van der Waals surface area (Å²) in [6.45, 7) is -1.24. The molecule has 8 atom stereocenters. The van der Waals surface area contributed by atoms with E-state index in [2.05, 4.69) is 4.74 Å². The summed E-state index contributed by atoms with van der Waals surface area (Å²) in [6.07, 6.45) is -19.9. The van der Waals surface area contributed by atoms with Gasteiger partial charge in [0.1, 0.15) is 30.5 Å². The van der Waals surface area contributed by atoms with Crippen molar-refractivity contribution in [2.75, 3.05) is 6.61 Å². The van der Waals surface area contributed by atoms with E-state index in [1.54, 1.807) is 0 Å². The van der Waals surface area contributed by atoms with Crippen LogP contribution in [0.2, 0.25) is 0 Å². The van der Waals surface area contributed by atoms with Crippen molar-refractivity contribution in [3.05, 3.63) is 0 Å². The molecule has 0 radical (unpaired) electrons. The van der Waals surface area contributed by atoms with Crippen LogP contribution in [-0.2, 0) is 19.1 Å². The molecule has 14 nitrogen and oxygen atoms in total. The Labute approximate surface area is 193 Å². The maximum absolute atomic E-state index is 11.6. The number of carbonyl (C=O) groups is 3. The van der Waals surface area contributed by atoms with E-state index in [1.807, 2.05) is 0 Å². The molecule has 9 N–H and O–H groups in total. The molecule has 0 aliphatic heterocycles. The van der Waals surface area contributed by atoms with E-state index in [1.165, 1.54) is 0 Å². The number of aliphatic hydroxyl groups is 8. The molecule has 0 aromatic rings. The summed E-state index contributed by atoms with van der Waals surface area (Å²) < 4.78 is 4.31. The molecule has 0 rings (SSSR count). The second-order valence-electron chi connectivity index (χ2n) is 5.11. The van der Waals surface area contributed by atoms with Crippen LogP contribution in [0.3, 0.4) is 0 Å². The first-order valence-electron chi connectivity index (χ1n) is 6.88. The van der Waals surface area contributed by atoms with Gasteiger partial charge in [-0.05, 0) is 0 Å². The van der Waals surface area contributed by atoms with Gasteiger partial charge in [0.25, 0.3) is 0 Å². The molecule has 0 bridgehead atoms. The smallest absolute Gasteiger partial charge is 0.547 e. The molecular weight excluding hydrogens is 407 g/mol. The van der Waals surface area contributed by atoms with Crippen molar-refractivity contribution in [1.29, 1.82) is 0 Å². The molecule has 0 saturated carbocycles. The van der Waals surface area contributed by atoms with Crippen molar-refractivity contribution < 1.29 is 122 Å². The fourth-order valence-electron chi connectivity index (χ4n) is 1.64. The average molecular weight is 426 g/mol. The molecular formula is C12H19KO14. The van der Waals surface area contributed by atoms with E-state index >= 15 is 0 Å². The number of rotatable bonds is 11. The van der Waals surface area contributed by atoms with E-state index in [9.17, 15) is 45.0 Å². The van der Waals surface area contributed by atoms with Gasteiger partial charge >= 0.3 is 63.3 Å². The first kappa shape index (κ1) is 28.9. The first-order chi connectivity index (χ1) is 11.9. The van der Waals surface area contributed by atoms with Crippen LogP contribution in [0.25, 0.3) is 0 Å². The first-order valence-corrected chi connectivity index (χ1v) is 6.88. The Morgan fingerprint density at radius 2 is 1.19 bits per heavy atom. The molecule has 152 valence electrons. The van der Waals surface area contributed by atoms with Gasteiger partial charge in [-0.2, -0.15) is 0 Å². The zero-order chi connectivity index (χ0) is 20.8. The summed E-state index contributed by atoms with van der Waals surface area (Å²) in [5, 5.41) is 93.1. The third kappa shape index (κ3) is 8.32. The second-order valence-corrected chi connectivity index (χ2v) is 5.11. The molecule has 0 aromatic heterocycles. The third-order valence-electron chi connectivity index (χ3n) is 3.23. The van der Waals surface area contributed by atoms with Crippen LogP contribution in [-0.4, -0.2) is 119 Å². The van der Waals surface area contributed by atoms with Gasteiger partial charge < -0.3 is 60.6 Å². The third-order valence-corrected chi connectivity index (χ3v) is 3.23. The molecule has 0 aliphatic carbocycles. The van der Waals surface area contributed by atoms with Gasteiger partial charge in [-0.1, -0.05) is 0 Å². The van der Waals surface area contributed by atoms with Crippen LogP contribution >= 0.6 is 0 Å². The zero-order valence-electron chi connectivity index (χ0n) is 13.9. The SMILES string of the molecule is O=C(O)[C@@H](O)[C@@H](O)[C@H](O)[C@@H](O)C(=O)O[C@H](CO)[C@@H](O)[C@H](O)[C@@H](O)C(=O)[O-].[K+]. The average Bonchev–Trinajstić information content (AvgIpc) is 2.60. The number of ether oxygens (including phenoxy) is 1. The Morgan fingerprint density at radius 3 is 1.56 bits per heavy atom. The van der Waals surface area contributed by atoms with Crippen LogP contribution in [0.15, 0.2) is 0 Å². The van der Waals surface area contributed by atoms with Crippen LogP contribution in [0.1, 0.15) is 0 Å². The molecule has 15 heteroatoms. The molecule has 27 heavy (non-hydrogen) atoms. The van der Waals surface area contributed by atoms with Crippen LogP contribution in [0.4, 0.5) is 0 Å². The largest absolute Gasteiger partial charge is 1.00 e. The molecule has 0 aliphatic rings. The van der Waals surface area contributed by atoms with Crippen LogP contribution < -0.4 is 56.5 Å². The quantitative estimate of drug-likeness (QED) is 0.110. The fraction of sp³-hybridized carbons (Fsp3) is 0.750. The minimum absolute atomic E-state index is 0. The molecule has 0 spiro atoms. The topological polar surface area (TPSA) is 266 Å². The van der Waals surface area contributed by atoms with Crippen molar-refractivity contribution in [3.63, 3.8) is 0 Å². The molecule has 0 saturated heterocycles. The van der Waals surface area contributed by atoms with E-state index in [-0.39, 0.29) is 51.4 Å². The monoisotopic (exact) mass is 426 g/mol. The van der Waals surface area contributed by atoms with Crippen molar-refractivity contribution in [2.45, 2.75) is 48.8 Å². The number of carbonyl (C=O) groups excluding carboxylic acids is 2. The van der Waals surface area contributed by atoms with Crippen molar-refractivity contribution >= 4 is 17.9 Å². The molecule has 0 unspecified atom stereocenters. The Hall–Kier alpha value is -0.274. The Morgan fingerprint density at radius 1 is 0.778 bits per heavy atom. The van der Waals surface area contributed by atoms with Gasteiger partial charge in [-0.25, -0.2) is 9.59 Å². The standard InChI is InChI=1S/C12H20O14.K/c13-1-2(3(14)4(15)7(18)10(21)22)26-12(25)9(20)6(17)5(16)8(19)11(23)24;/h2-9,13-20H,1H2,(H,21,22)(H,23,24);/q;+1/p-1/t2-,3-,4+,5+,6+,7-,8+,9-;/m1./s1. The zero-order valence-corrected chi connectivity index (χ0v) is 17.0. The maximum Gasteiger partial charge on any atom is 1.00 e. The number of aliphatic hydroxyl groups excluding tert-OH is 8. The van der Waals surface area contributed by atoms with Crippen molar-refractivity contribution in [1.82, 2.24) is 0 Å². The van der Waals surface area contributed by atoms with Crippen LogP contribution in [0.5, 0.6) is 0 Å². The maximum atomic E-state index is 11.6. The van der Waals surface area contributed by atoms with Gasteiger partial charge in [-0.15, -0.1) is 0 Å². The number of esters is 1. The number of carboxylic acid groups (broad SMARTS) is 2. The van der Waals surface area contributed by atoms with E-state index in [4.69, 9.17) is 20.4 Å². The van der Waals surface area contributed by atoms with Gasteiger partial charge in [0.15, 0.2) is 18.3 Å². The summed E-state index contributed by atoms with van der Waals surface area (Å²) in [5.41, 5.74) is 0. The van der Waals surface area contributed by atoms with Crippen molar-refractivity contribution in [2.24, 2.45) is 0 Å². The summed E-state index contributed by atoms with van der Waals surface area (Å²) in [5.74, 6) is -6.02. The van der Waals surface area contributed by atoms with E-state index < -0.39 is 73.3 Å².